The fraction of sp³-hybridized carbons (Fsp3) is 0.0909. The summed E-state index contributed by atoms with van der Waals surface area (Å²) in [4.78, 5) is 8.87. The molecule has 2 nitrogen and oxygen atoms in total. The van der Waals surface area contributed by atoms with Gasteiger partial charge in [0.1, 0.15) is 0 Å². The molecule has 0 bridgehead atoms. The lowest BCUT2D eigenvalue weighted by atomic mass is 9.83. The summed E-state index contributed by atoms with van der Waals surface area (Å²) in [5.41, 5.74) is 10.8. The Balaban J connectivity index is 1.30. The van der Waals surface area contributed by atoms with Gasteiger partial charge in [-0.05, 0) is 95.4 Å². The molecule has 0 spiro atoms. The minimum absolute atomic E-state index is 0.112. The van der Waals surface area contributed by atoms with E-state index in [2.05, 4.69) is 152 Å². The average molecular weight is 591 g/mol. The smallest absolute Gasteiger partial charge is 0.0347 e. The fourth-order valence-electron chi connectivity index (χ4n) is 6.76. The van der Waals surface area contributed by atoms with E-state index in [4.69, 9.17) is 0 Å². The molecule has 0 radical (unpaired) electrons. The summed E-state index contributed by atoms with van der Waals surface area (Å²) in [6, 6.07) is 46.7. The van der Waals surface area contributed by atoms with Crippen LogP contribution in [-0.2, 0) is 5.41 Å². The van der Waals surface area contributed by atoms with E-state index in [9.17, 15) is 0 Å². The third-order valence-electron chi connectivity index (χ3n) is 9.17. The zero-order chi connectivity index (χ0) is 31.3. The van der Waals surface area contributed by atoms with E-state index in [1.807, 2.05) is 24.7 Å². The van der Waals surface area contributed by atoms with Gasteiger partial charge in [0.25, 0.3) is 0 Å². The van der Waals surface area contributed by atoms with Gasteiger partial charge in [0.2, 0.25) is 0 Å². The summed E-state index contributed by atoms with van der Waals surface area (Å²) >= 11 is 0. The summed E-state index contributed by atoms with van der Waals surface area (Å²) in [6.07, 6.45) is 7.53. The van der Waals surface area contributed by atoms with Gasteiger partial charge in [0.05, 0.1) is 0 Å². The van der Waals surface area contributed by atoms with Gasteiger partial charge in [-0.2, -0.15) is 0 Å². The quantitative estimate of drug-likeness (QED) is 0.191. The zero-order valence-corrected chi connectivity index (χ0v) is 26.3. The van der Waals surface area contributed by atoms with E-state index in [0.717, 1.165) is 22.3 Å². The summed E-state index contributed by atoms with van der Waals surface area (Å²) in [5.74, 6) is 0. The van der Waals surface area contributed by atoms with Crippen LogP contribution < -0.4 is 0 Å². The van der Waals surface area contributed by atoms with Crippen molar-refractivity contribution in [3.05, 3.63) is 158 Å². The second-order valence-corrected chi connectivity index (χ2v) is 13.1. The molecule has 0 unspecified atom stereocenters. The molecule has 46 heavy (non-hydrogen) atoms. The van der Waals surface area contributed by atoms with Crippen LogP contribution in [-0.4, -0.2) is 9.97 Å². The second kappa shape index (κ2) is 11.1. The van der Waals surface area contributed by atoms with Gasteiger partial charge in [-0.25, -0.2) is 0 Å². The molecule has 0 aliphatic heterocycles. The van der Waals surface area contributed by atoms with Gasteiger partial charge < -0.3 is 0 Å². The lowest BCUT2D eigenvalue weighted by molar-refractivity contribution is 0.590. The molecule has 0 saturated carbocycles. The van der Waals surface area contributed by atoms with Crippen molar-refractivity contribution < 1.29 is 0 Å². The Hall–Kier alpha value is -5.60. The number of benzene rings is 6. The van der Waals surface area contributed by atoms with E-state index in [-0.39, 0.29) is 5.41 Å². The highest BCUT2D eigenvalue weighted by Crippen LogP contribution is 2.44. The van der Waals surface area contributed by atoms with Crippen molar-refractivity contribution in [1.29, 1.82) is 0 Å². The second-order valence-electron chi connectivity index (χ2n) is 13.1. The predicted molar refractivity (Wildman–Crippen MR) is 195 cm³/mol. The predicted octanol–water partition coefficient (Wildman–Crippen LogP) is 11.9. The number of hydrogen-bond donors (Lipinski definition) is 0. The molecule has 2 aromatic heterocycles. The molecule has 0 atom stereocenters. The van der Waals surface area contributed by atoms with Crippen molar-refractivity contribution >= 4 is 32.3 Å². The summed E-state index contributed by atoms with van der Waals surface area (Å²) in [5, 5.41) is 7.49. The Kier molecular flexibility index (Phi) is 6.73. The fourth-order valence-corrected chi connectivity index (χ4v) is 6.76. The maximum atomic E-state index is 4.57. The number of hydrogen-bond acceptors (Lipinski definition) is 2. The number of nitrogens with zero attached hydrogens (tertiary/aromatic N) is 2. The maximum absolute atomic E-state index is 4.57. The molecule has 0 aliphatic rings. The first kappa shape index (κ1) is 27.9. The third kappa shape index (κ3) is 4.93. The van der Waals surface area contributed by atoms with Crippen molar-refractivity contribution in [2.24, 2.45) is 0 Å². The molecule has 0 aliphatic carbocycles. The van der Waals surface area contributed by atoms with E-state index in [0.29, 0.717) is 0 Å². The van der Waals surface area contributed by atoms with Crippen molar-refractivity contribution in [2.75, 3.05) is 0 Å². The number of rotatable bonds is 4. The van der Waals surface area contributed by atoms with E-state index >= 15 is 0 Å². The van der Waals surface area contributed by atoms with Crippen LogP contribution in [0.5, 0.6) is 0 Å². The molecular formula is C44H34N2. The summed E-state index contributed by atoms with van der Waals surface area (Å²) in [6.45, 7) is 6.81. The first-order chi connectivity index (χ1) is 22.4. The molecule has 2 heterocycles. The summed E-state index contributed by atoms with van der Waals surface area (Å²) < 4.78 is 0. The molecule has 2 heteroatoms. The van der Waals surface area contributed by atoms with Gasteiger partial charge in [-0.1, -0.05) is 124 Å². The first-order valence-corrected chi connectivity index (χ1v) is 15.9. The minimum atomic E-state index is 0.112. The number of fused-ring (bicyclic) bond motifs is 3. The van der Waals surface area contributed by atoms with Gasteiger partial charge >= 0.3 is 0 Å². The largest absolute Gasteiger partial charge is 0.264 e. The highest BCUT2D eigenvalue weighted by molar-refractivity contribution is 6.21. The van der Waals surface area contributed by atoms with Crippen LogP contribution >= 0.6 is 0 Å². The Morgan fingerprint density at radius 2 is 0.913 bits per heavy atom. The lowest BCUT2D eigenvalue weighted by Gasteiger charge is -2.21. The van der Waals surface area contributed by atoms with Gasteiger partial charge in [-0.15, -0.1) is 0 Å². The Morgan fingerprint density at radius 1 is 0.391 bits per heavy atom. The molecule has 0 saturated heterocycles. The van der Waals surface area contributed by atoms with Crippen molar-refractivity contribution in [2.45, 2.75) is 26.2 Å². The molecule has 8 aromatic rings. The molecule has 0 fully saturated rings. The van der Waals surface area contributed by atoms with Crippen LogP contribution in [0.15, 0.2) is 152 Å². The lowest BCUT2D eigenvalue weighted by Crippen LogP contribution is -2.10. The van der Waals surface area contributed by atoms with Crippen molar-refractivity contribution in [1.82, 2.24) is 9.97 Å². The third-order valence-corrected chi connectivity index (χ3v) is 9.17. The van der Waals surface area contributed by atoms with E-state index in [1.165, 1.54) is 60.1 Å². The van der Waals surface area contributed by atoms with Crippen molar-refractivity contribution in [3.63, 3.8) is 0 Å². The van der Waals surface area contributed by atoms with Gasteiger partial charge in [-0.3, -0.25) is 9.97 Å². The number of aromatic nitrogens is 2. The van der Waals surface area contributed by atoms with E-state index in [1.54, 1.807) is 6.20 Å². The molecule has 6 aromatic carbocycles. The standard InChI is InChI=1S/C44H34N2/c1-44(2,3)37-20-18-30(19-21-37)42-38-10-4-6-12-40(38)43(41-13-7-5-11-39(41)42)32-17-15-29-14-16-31(23-34(29)24-32)35-25-36(28-46-27-35)33-9-8-22-45-26-33/h4-28H,1-3H3. The highest BCUT2D eigenvalue weighted by Gasteiger charge is 2.18. The Labute approximate surface area is 270 Å². The van der Waals surface area contributed by atoms with Crippen LogP contribution in [0.1, 0.15) is 26.3 Å². The van der Waals surface area contributed by atoms with Crippen LogP contribution in [0, 0.1) is 0 Å². The Bertz CT molecular complexity index is 2320. The maximum Gasteiger partial charge on any atom is 0.0347 e. The summed E-state index contributed by atoms with van der Waals surface area (Å²) in [7, 11) is 0. The van der Waals surface area contributed by atoms with Crippen LogP contribution in [0.3, 0.4) is 0 Å². The van der Waals surface area contributed by atoms with Crippen LogP contribution in [0.4, 0.5) is 0 Å². The first-order valence-electron chi connectivity index (χ1n) is 15.9. The Morgan fingerprint density at radius 3 is 1.50 bits per heavy atom. The highest BCUT2D eigenvalue weighted by atomic mass is 14.6. The minimum Gasteiger partial charge on any atom is -0.264 e. The SMILES string of the molecule is CC(C)(C)c1ccc(-c2c3ccccc3c(-c3ccc4ccc(-c5cncc(-c6cccnc6)c5)cc4c3)c3ccccc23)cc1. The van der Waals surface area contributed by atoms with Gasteiger partial charge in [0.15, 0.2) is 0 Å². The number of pyridine rings is 2. The molecule has 220 valence electrons. The average Bonchev–Trinajstić information content (AvgIpc) is 3.10. The van der Waals surface area contributed by atoms with Gasteiger partial charge in [0, 0.05) is 41.5 Å². The van der Waals surface area contributed by atoms with Crippen molar-refractivity contribution in [3.8, 4) is 44.5 Å². The molecule has 8 rings (SSSR count). The molecule has 0 amide bonds. The topological polar surface area (TPSA) is 25.8 Å². The van der Waals surface area contributed by atoms with Crippen LogP contribution in [0.25, 0.3) is 76.8 Å². The molecular weight excluding hydrogens is 556 g/mol. The molecule has 0 N–H and O–H groups in total. The zero-order valence-electron chi connectivity index (χ0n) is 26.3. The monoisotopic (exact) mass is 590 g/mol. The van der Waals surface area contributed by atoms with Crippen LogP contribution in [0.2, 0.25) is 0 Å². The normalized spacial score (nSPS) is 11.8. The van der Waals surface area contributed by atoms with E-state index < -0.39 is 0 Å².